The van der Waals surface area contributed by atoms with Gasteiger partial charge < -0.3 is 4.74 Å². The lowest BCUT2D eigenvalue weighted by molar-refractivity contribution is -0.387. The number of nitrogens with zero attached hydrogens (tertiary/aromatic N) is 1. The minimum atomic E-state index is -0.563. The predicted molar refractivity (Wildman–Crippen MR) is 77.7 cm³/mol. The highest BCUT2D eigenvalue weighted by molar-refractivity contribution is 14.1. The van der Waals surface area contributed by atoms with Gasteiger partial charge in [0.25, 0.3) is 5.69 Å². The molecule has 19 heavy (non-hydrogen) atoms. The first-order valence-electron chi connectivity index (χ1n) is 5.20. The Labute approximate surface area is 127 Å². The van der Waals surface area contributed by atoms with Gasteiger partial charge in [0.15, 0.2) is 0 Å². The second-order valence-electron chi connectivity index (χ2n) is 3.73. The Bertz CT molecular complexity index is 512. The lowest BCUT2D eigenvalue weighted by Gasteiger charge is -2.09. The topological polar surface area (TPSA) is 69.4 Å². The Kier molecular flexibility index (Phi) is 5.98. The van der Waals surface area contributed by atoms with Crippen LogP contribution in [0.2, 0.25) is 0 Å². The van der Waals surface area contributed by atoms with Gasteiger partial charge in [0.05, 0.1) is 26.4 Å². The molecule has 0 heterocycles. The van der Waals surface area contributed by atoms with Gasteiger partial charge in [-0.2, -0.15) is 0 Å². The highest BCUT2D eigenvalue weighted by atomic mass is 127. The van der Waals surface area contributed by atoms with Crippen LogP contribution in [0, 0.1) is 25.4 Å². The van der Waals surface area contributed by atoms with E-state index in [1.165, 1.54) is 13.2 Å². The zero-order valence-electron chi connectivity index (χ0n) is 10.2. The lowest BCUT2D eigenvalue weighted by Crippen LogP contribution is -2.14. The Morgan fingerprint density at radius 1 is 1.63 bits per heavy atom. The van der Waals surface area contributed by atoms with Gasteiger partial charge in [-0.15, -0.1) is 11.8 Å². The van der Waals surface area contributed by atoms with Crippen LogP contribution in [0.5, 0.6) is 0 Å². The molecular formula is C11H11FINO4S. The number of nitro benzene ring substituents is 1. The van der Waals surface area contributed by atoms with Gasteiger partial charge >= 0.3 is 5.97 Å². The number of rotatable bonds is 5. The first kappa shape index (κ1) is 16.2. The molecular weight excluding hydrogens is 388 g/mol. The summed E-state index contributed by atoms with van der Waals surface area (Å²) in [5.41, 5.74) is -0.159. The molecule has 1 unspecified atom stereocenters. The zero-order chi connectivity index (χ0) is 14.6. The van der Waals surface area contributed by atoms with Gasteiger partial charge in [-0.3, -0.25) is 14.9 Å². The number of methoxy groups -OCH3 is 1. The number of halogens is 2. The minimum Gasteiger partial charge on any atom is -0.469 e. The van der Waals surface area contributed by atoms with E-state index in [9.17, 15) is 19.3 Å². The van der Waals surface area contributed by atoms with E-state index >= 15 is 0 Å². The highest BCUT2D eigenvalue weighted by Gasteiger charge is 2.20. The van der Waals surface area contributed by atoms with Gasteiger partial charge in [-0.05, 0) is 28.7 Å². The molecule has 0 aliphatic heterocycles. The quantitative estimate of drug-likeness (QED) is 0.250. The Morgan fingerprint density at radius 3 is 2.79 bits per heavy atom. The highest BCUT2D eigenvalue weighted by Crippen LogP contribution is 2.33. The number of carbonyl (C=O) groups excluding carboxylic acids is 1. The van der Waals surface area contributed by atoms with Crippen molar-refractivity contribution < 1.29 is 18.8 Å². The van der Waals surface area contributed by atoms with Crippen LogP contribution in [0.15, 0.2) is 17.0 Å². The fraction of sp³-hybridized carbons (Fsp3) is 0.364. The van der Waals surface area contributed by atoms with Crippen molar-refractivity contribution in [2.24, 2.45) is 5.92 Å². The predicted octanol–water partition coefficient (Wildman–Crippen LogP) is 3.24. The smallest absolute Gasteiger partial charge is 0.309 e. The van der Waals surface area contributed by atoms with Crippen LogP contribution >= 0.6 is 34.4 Å². The monoisotopic (exact) mass is 399 g/mol. The zero-order valence-corrected chi connectivity index (χ0v) is 13.2. The molecule has 1 atom stereocenters. The normalized spacial score (nSPS) is 12.0. The maximum Gasteiger partial charge on any atom is 0.309 e. The lowest BCUT2D eigenvalue weighted by atomic mass is 10.2. The number of carbonyl (C=O) groups is 1. The molecule has 0 saturated carbocycles. The van der Waals surface area contributed by atoms with Gasteiger partial charge in [-0.1, -0.05) is 6.92 Å². The molecule has 0 aliphatic carbocycles. The van der Waals surface area contributed by atoms with Gasteiger partial charge in [-0.25, -0.2) is 4.39 Å². The summed E-state index contributed by atoms with van der Waals surface area (Å²) >= 11 is 2.76. The molecule has 1 aromatic carbocycles. The summed E-state index contributed by atoms with van der Waals surface area (Å²) in [6.07, 6.45) is 0. The van der Waals surface area contributed by atoms with Crippen molar-refractivity contribution in [1.29, 1.82) is 0 Å². The van der Waals surface area contributed by atoms with Crippen molar-refractivity contribution in [3.05, 3.63) is 31.6 Å². The SMILES string of the molecule is COC(=O)C(C)CSc1cc(F)c(I)cc1[N+](=O)[O-]. The number of hydrogen-bond acceptors (Lipinski definition) is 5. The molecule has 0 saturated heterocycles. The van der Waals surface area contributed by atoms with Crippen LogP contribution in [0.1, 0.15) is 6.92 Å². The number of esters is 1. The summed E-state index contributed by atoms with van der Waals surface area (Å²) in [6.45, 7) is 1.65. The van der Waals surface area contributed by atoms with Crippen LogP contribution in [-0.4, -0.2) is 23.8 Å². The number of hydrogen-bond donors (Lipinski definition) is 0. The Hall–Kier alpha value is -0.900. The Morgan fingerprint density at radius 2 is 2.26 bits per heavy atom. The van der Waals surface area contributed by atoms with Crippen molar-refractivity contribution in [3.8, 4) is 0 Å². The van der Waals surface area contributed by atoms with Gasteiger partial charge in [0.2, 0.25) is 0 Å². The molecule has 1 rings (SSSR count). The average molecular weight is 399 g/mol. The van der Waals surface area contributed by atoms with E-state index in [2.05, 4.69) is 4.74 Å². The summed E-state index contributed by atoms with van der Waals surface area (Å²) in [6, 6.07) is 2.30. The van der Waals surface area contributed by atoms with Crippen molar-refractivity contribution in [2.75, 3.05) is 12.9 Å². The van der Waals surface area contributed by atoms with Gasteiger partial charge in [0.1, 0.15) is 5.82 Å². The average Bonchev–Trinajstić information content (AvgIpc) is 2.37. The maximum absolute atomic E-state index is 13.4. The molecule has 0 bridgehead atoms. The first-order valence-corrected chi connectivity index (χ1v) is 7.27. The molecule has 0 radical (unpaired) electrons. The van der Waals surface area contributed by atoms with Crippen molar-refractivity contribution in [3.63, 3.8) is 0 Å². The second-order valence-corrected chi connectivity index (χ2v) is 5.95. The Balaban J connectivity index is 2.91. The van der Waals surface area contributed by atoms with Crippen LogP contribution in [0.25, 0.3) is 0 Å². The molecule has 0 N–H and O–H groups in total. The summed E-state index contributed by atoms with van der Waals surface area (Å²) in [4.78, 5) is 21.8. The van der Waals surface area contributed by atoms with E-state index in [0.717, 1.165) is 17.8 Å². The van der Waals surface area contributed by atoms with Gasteiger partial charge in [0, 0.05) is 11.8 Å². The fourth-order valence-electron chi connectivity index (χ4n) is 1.26. The molecule has 8 heteroatoms. The van der Waals surface area contributed by atoms with Crippen molar-refractivity contribution in [1.82, 2.24) is 0 Å². The summed E-state index contributed by atoms with van der Waals surface area (Å²) in [7, 11) is 1.27. The maximum atomic E-state index is 13.4. The minimum absolute atomic E-state index is 0.159. The van der Waals surface area contributed by atoms with E-state index in [4.69, 9.17) is 0 Å². The van der Waals surface area contributed by atoms with Crippen molar-refractivity contribution in [2.45, 2.75) is 11.8 Å². The summed E-state index contributed by atoms with van der Waals surface area (Å²) in [5.74, 6) is -1.05. The number of thioether (sulfide) groups is 1. The third-order valence-corrected chi connectivity index (χ3v) is 4.42. The molecule has 104 valence electrons. The largest absolute Gasteiger partial charge is 0.469 e. The standard InChI is InChI=1S/C11H11FINO4S/c1-6(11(15)18-2)5-19-10-3-7(12)8(13)4-9(10)14(16)17/h3-4,6H,5H2,1-2H3. The molecule has 1 aromatic rings. The van der Waals surface area contributed by atoms with E-state index in [1.54, 1.807) is 29.5 Å². The molecule has 0 amide bonds. The molecule has 5 nitrogen and oxygen atoms in total. The first-order chi connectivity index (χ1) is 8.86. The van der Waals surface area contributed by atoms with Crippen LogP contribution in [0.4, 0.5) is 10.1 Å². The van der Waals surface area contributed by atoms with Crippen LogP contribution in [0.3, 0.4) is 0 Å². The number of benzene rings is 1. The molecule has 0 aromatic heterocycles. The molecule has 0 spiro atoms. The number of ether oxygens (including phenoxy) is 1. The summed E-state index contributed by atoms with van der Waals surface area (Å²) < 4.78 is 18.2. The van der Waals surface area contributed by atoms with E-state index < -0.39 is 22.6 Å². The van der Waals surface area contributed by atoms with Crippen LogP contribution in [-0.2, 0) is 9.53 Å². The van der Waals surface area contributed by atoms with Crippen LogP contribution < -0.4 is 0 Å². The van der Waals surface area contributed by atoms with E-state index in [0.29, 0.717) is 0 Å². The van der Waals surface area contributed by atoms with E-state index in [1.807, 2.05) is 0 Å². The molecule has 0 fully saturated rings. The second kappa shape index (κ2) is 7.04. The summed E-state index contributed by atoms with van der Waals surface area (Å²) in [5, 5.41) is 10.9. The fourth-order valence-corrected chi connectivity index (χ4v) is 2.74. The third-order valence-electron chi connectivity index (χ3n) is 2.29. The molecule has 0 aliphatic rings. The number of nitro groups is 1. The van der Waals surface area contributed by atoms with E-state index in [-0.39, 0.29) is 19.9 Å². The van der Waals surface area contributed by atoms with Crippen molar-refractivity contribution >= 4 is 46.0 Å². The third kappa shape index (κ3) is 4.30.